The minimum absolute atomic E-state index is 0.0668. The fourth-order valence-corrected chi connectivity index (χ4v) is 4.69. The van der Waals surface area contributed by atoms with Crippen molar-refractivity contribution in [3.05, 3.63) is 23.8 Å². The Morgan fingerprint density at radius 3 is 2.79 bits per heavy atom. The van der Waals surface area contributed by atoms with E-state index >= 15 is 0 Å². The maximum absolute atomic E-state index is 13.2. The monoisotopic (exact) mass is 388 g/mol. The van der Waals surface area contributed by atoms with Gasteiger partial charge in [-0.1, -0.05) is 6.07 Å². The molecule has 1 aromatic rings. The second-order valence-electron chi connectivity index (χ2n) is 7.76. The zero-order valence-electron chi connectivity index (χ0n) is 16.4. The Morgan fingerprint density at radius 2 is 1.96 bits per heavy atom. The van der Waals surface area contributed by atoms with Gasteiger partial charge in [0, 0.05) is 33.2 Å². The molecule has 152 valence electrons. The van der Waals surface area contributed by atoms with Crippen LogP contribution in [0.25, 0.3) is 0 Å². The molecule has 0 radical (unpaired) electrons. The van der Waals surface area contributed by atoms with Crippen LogP contribution in [0, 0.1) is 0 Å². The zero-order valence-corrected chi connectivity index (χ0v) is 16.4. The van der Waals surface area contributed by atoms with Crippen molar-refractivity contribution in [1.82, 2.24) is 9.80 Å². The summed E-state index contributed by atoms with van der Waals surface area (Å²) < 4.78 is 15.9. The predicted octanol–water partition coefficient (Wildman–Crippen LogP) is 1.98. The highest BCUT2D eigenvalue weighted by Gasteiger charge is 2.52. The molecule has 0 bridgehead atoms. The number of piperidine rings is 1. The van der Waals surface area contributed by atoms with Gasteiger partial charge in [0.2, 0.25) is 18.6 Å². The molecule has 4 rings (SSSR count). The van der Waals surface area contributed by atoms with Gasteiger partial charge < -0.3 is 24.0 Å². The van der Waals surface area contributed by atoms with E-state index in [2.05, 4.69) is 0 Å². The van der Waals surface area contributed by atoms with Crippen LogP contribution in [0.2, 0.25) is 0 Å². The molecule has 0 N–H and O–H groups in total. The molecule has 2 amide bonds. The lowest BCUT2D eigenvalue weighted by Crippen LogP contribution is -2.61. The SMILES string of the molecule is COCCN1CCCC2(CCCN2C(=O)CCc2ccc3c(c2)OCO3)C1=O. The standard InChI is InChI=1S/C21H28N2O5/c1-26-13-12-22-10-2-8-21(20(22)25)9-3-11-23(21)19(24)7-5-16-4-6-17-18(14-16)28-15-27-17/h4,6,14H,2-3,5,7-13,15H2,1H3. The van der Waals surface area contributed by atoms with Gasteiger partial charge in [-0.3, -0.25) is 9.59 Å². The molecule has 0 aliphatic carbocycles. The first-order valence-corrected chi connectivity index (χ1v) is 10.1. The third-order valence-electron chi connectivity index (χ3n) is 6.12. The molecular formula is C21H28N2O5. The summed E-state index contributed by atoms with van der Waals surface area (Å²) in [6, 6.07) is 5.80. The summed E-state index contributed by atoms with van der Waals surface area (Å²) in [5.74, 6) is 1.65. The third kappa shape index (κ3) is 3.43. The summed E-state index contributed by atoms with van der Waals surface area (Å²) in [5, 5.41) is 0. The Hall–Kier alpha value is -2.28. The molecule has 3 aliphatic heterocycles. The summed E-state index contributed by atoms with van der Waals surface area (Å²) in [5.41, 5.74) is 0.403. The van der Waals surface area contributed by atoms with Crippen molar-refractivity contribution in [3.8, 4) is 11.5 Å². The number of likely N-dealkylation sites (tertiary alicyclic amines) is 2. The quantitative estimate of drug-likeness (QED) is 0.745. The second kappa shape index (κ2) is 7.99. The van der Waals surface area contributed by atoms with E-state index in [9.17, 15) is 9.59 Å². The van der Waals surface area contributed by atoms with Crippen LogP contribution >= 0.6 is 0 Å². The number of amides is 2. The molecule has 28 heavy (non-hydrogen) atoms. The summed E-state index contributed by atoms with van der Waals surface area (Å²) in [6.07, 6.45) is 4.38. The fourth-order valence-electron chi connectivity index (χ4n) is 4.69. The number of nitrogens with zero attached hydrogens (tertiary/aromatic N) is 2. The minimum atomic E-state index is -0.641. The summed E-state index contributed by atoms with van der Waals surface area (Å²) in [4.78, 5) is 30.0. The van der Waals surface area contributed by atoms with E-state index in [-0.39, 0.29) is 18.6 Å². The van der Waals surface area contributed by atoms with E-state index in [0.717, 1.165) is 49.3 Å². The number of fused-ring (bicyclic) bond motifs is 1. The number of carbonyl (C=O) groups is 2. The van der Waals surface area contributed by atoms with E-state index in [1.165, 1.54) is 0 Å². The van der Waals surface area contributed by atoms with E-state index in [1.807, 2.05) is 28.0 Å². The highest BCUT2D eigenvalue weighted by atomic mass is 16.7. The fraction of sp³-hybridized carbons (Fsp3) is 0.619. The largest absolute Gasteiger partial charge is 0.454 e. The predicted molar refractivity (Wildman–Crippen MR) is 102 cm³/mol. The first kappa shape index (κ1) is 19.1. The molecule has 2 saturated heterocycles. The molecule has 3 heterocycles. The highest BCUT2D eigenvalue weighted by Crippen LogP contribution is 2.39. The van der Waals surface area contributed by atoms with Crippen molar-refractivity contribution < 1.29 is 23.8 Å². The molecule has 1 spiro atoms. The molecule has 1 aromatic carbocycles. The molecule has 7 nitrogen and oxygen atoms in total. The first-order valence-electron chi connectivity index (χ1n) is 10.1. The Balaban J connectivity index is 1.42. The van der Waals surface area contributed by atoms with Crippen LogP contribution in [-0.4, -0.2) is 67.3 Å². The molecule has 2 fully saturated rings. The third-order valence-corrected chi connectivity index (χ3v) is 6.12. The lowest BCUT2D eigenvalue weighted by atomic mass is 9.85. The van der Waals surface area contributed by atoms with Crippen molar-refractivity contribution in [2.75, 3.05) is 40.1 Å². The van der Waals surface area contributed by atoms with E-state index in [1.54, 1.807) is 7.11 Å². The Kier molecular flexibility index (Phi) is 5.44. The number of carbonyl (C=O) groups excluding carboxylic acids is 2. The van der Waals surface area contributed by atoms with Crippen LogP contribution in [-0.2, 0) is 20.7 Å². The Bertz CT molecular complexity index is 752. The Labute approximate surface area is 165 Å². The first-order chi connectivity index (χ1) is 13.6. The molecule has 0 saturated carbocycles. The van der Waals surface area contributed by atoms with Crippen molar-refractivity contribution in [2.45, 2.75) is 44.1 Å². The Morgan fingerprint density at radius 1 is 1.18 bits per heavy atom. The van der Waals surface area contributed by atoms with Crippen LogP contribution in [0.15, 0.2) is 18.2 Å². The average molecular weight is 388 g/mol. The van der Waals surface area contributed by atoms with Crippen LogP contribution in [0.3, 0.4) is 0 Å². The molecule has 3 aliphatic rings. The molecule has 7 heteroatoms. The zero-order chi connectivity index (χ0) is 19.6. The van der Waals surface area contributed by atoms with E-state index in [4.69, 9.17) is 14.2 Å². The van der Waals surface area contributed by atoms with Crippen molar-refractivity contribution in [2.24, 2.45) is 0 Å². The van der Waals surface area contributed by atoms with Gasteiger partial charge in [-0.15, -0.1) is 0 Å². The van der Waals surface area contributed by atoms with Gasteiger partial charge in [-0.25, -0.2) is 0 Å². The van der Waals surface area contributed by atoms with Gasteiger partial charge in [0.05, 0.1) is 6.61 Å². The van der Waals surface area contributed by atoms with Gasteiger partial charge in [0.1, 0.15) is 5.54 Å². The van der Waals surface area contributed by atoms with Crippen LogP contribution in [0.4, 0.5) is 0 Å². The van der Waals surface area contributed by atoms with Crippen molar-refractivity contribution in [3.63, 3.8) is 0 Å². The van der Waals surface area contributed by atoms with E-state index in [0.29, 0.717) is 32.5 Å². The van der Waals surface area contributed by atoms with Gasteiger partial charge in [0.15, 0.2) is 11.5 Å². The number of hydrogen-bond acceptors (Lipinski definition) is 5. The highest BCUT2D eigenvalue weighted by molar-refractivity contribution is 5.92. The summed E-state index contributed by atoms with van der Waals surface area (Å²) >= 11 is 0. The lowest BCUT2D eigenvalue weighted by Gasteiger charge is -2.44. The molecule has 1 unspecified atom stereocenters. The van der Waals surface area contributed by atoms with Gasteiger partial charge in [-0.2, -0.15) is 0 Å². The number of benzene rings is 1. The topological polar surface area (TPSA) is 68.3 Å². The number of aryl methyl sites for hydroxylation is 1. The summed E-state index contributed by atoms with van der Waals surface area (Å²) in [7, 11) is 1.64. The van der Waals surface area contributed by atoms with Crippen molar-refractivity contribution >= 4 is 11.8 Å². The molecule has 0 aromatic heterocycles. The van der Waals surface area contributed by atoms with E-state index < -0.39 is 5.54 Å². The van der Waals surface area contributed by atoms with Crippen LogP contribution in [0.5, 0.6) is 11.5 Å². The van der Waals surface area contributed by atoms with Gasteiger partial charge in [0.25, 0.3) is 0 Å². The van der Waals surface area contributed by atoms with Crippen LogP contribution in [0.1, 0.15) is 37.7 Å². The second-order valence-corrected chi connectivity index (χ2v) is 7.76. The summed E-state index contributed by atoms with van der Waals surface area (Å²) in [6.45, 7) is 2.79. The number of methoxy groups -OCH3 is 1. The van der Waals surface area contributed by atoms with Crippen LogP contribution < -0.4 is 9.47 Å². The maximum atomic E-state index is 13.2. The van der Waals surface area contributed by atoms with Gasteiger partial charge >= 0.3 is 0 Å². The minimum Gasteiger partial charge on any atom is -0.454 e. The number of hydrogen-bond donors (Lipinski definition) is 0. The number of ether oxygens (including phenoxy) is 3. The maximum Gasteiger partial charge on any atom is 0.248 e. The lowest BCUT2D eigenvalue weighted by molar-refractivity contribution is -0.155. The van der Waals surface area contributed by atoms with Gasteiger partial charge in [-0.05, 0) is 49.8 Å². The normalized spacial score (nSPS) is 23.7. The molecular weight excluding hydrogens is 360 g/mol. The molecule has 1 atom stereocenters. The average Bonchev–Trinajstić information content (AvgIpc) is 3.34. The van der Waals surface area contributed by atoms with Crippen molar-refractivity contribution in [1.29, 1.82) is 0 Å². The number of rotatable bonds is 6. The smallest absolute Gasteiger partial charge is 0.248 e.